The van der Waals surface area contributed by atoms with E-state index in [0.29, 0.717) is 0 Å². The van der Waals surface area contributed by atoms with Crippen molar-refractivity contribution in [2.24, 2.45) is 0 Å². The fraction of sp³-hybridized carbons (Fsp3) is 0. The van der Waals surface area contributed by atoms with Crippen molar-refractivity contribution in [3.8, 4) is 11.1 Å². The molecule has 0 N–H and O–H groups in total. The summed E-state index contributed by atoms with van der Waals surface area (Å²) in [4.78, 5) is 4.40. The van der Waals surface area contributed by atoms with E-state index in [1.807, 2.05) is 34.7 Å². The predicted octanol–water partition coefficient (Wildman–Crippen LogP) is 2.94. The Balaban J connectivity index is 2.17. The van der Waals surface area contributed by atoms with Gasteiger partial charge >= 0.3 is 0 Å². The van der Waals surface area contributed by atoms with Crippen molar-refractivity contribution in [1.82, 2.24) is 19.6 Å². The zero-order chi connectivity index (χ0) is 12.7. The maximum absolute atomic E-state index is 4.40. The molecule has 4 heteroatoms. The maximum atomic E-state index is 4.40. The first-order valence-electron chi connectivity index (χ1n) is 6.06. The zero-order valence-electron chi connectivity index (χ0n) is 10.1. The number of pyridine rings is 2. The van der Waals surface area contributed by atoms with Crippen molar-refractivity contribution in [2.45, 2.75) is 0 Å². The molecule has 3 aromatic heterocycles. The quantitative estimate of drug-likeness (QED) is 0.518. The summed E-state index contributed by atoms with van der Waals surface area (Å²) in [6.07, 6.45) is 3.49. The molecule has 0 fully saturated rings. The second-order valence-electron chi connectivity index (χ2n) is 4.36. The smallest absolute Gasteiger partial charge is 0.170 e. The van der Waals surface area contributed by atoms with E-state index in [4.69, 9.17) is 0 Å². The molecule has 19 heavy (non-hydrogen) atoms. The molecule has 90 valence electrons. The molecule has 0 amide bonds. The van der Waals surface area contributed by atoms with Crippen LogP contribution in [0.4, 0.5) is 0 Å². The highest BCUT2D eigenvalue weighted by Crippen LogP contribution is 2.27. The highest BCUT2D eigenvalue weighted by Gasteiger charge is 2.10. The second-order valence-corrected chi connectivity index (χ2v) is 4.36. The Morgan fingerprint density at radius 2 is 1.79 bits per heavy atom. The lowest BCUT2D eigenvalue weighted by atomic mass is 10.1. The van der Waals surface area contributed by atoms with Crippen LogP contribution in [0.1, 0.15) is 0 Å². The average Bonchev–Trinajstić information content (AvgIpc) is 2.97. The molecule has 4 nitrogen and oxygen atoms in total. The predicted molar refractivity (Wildman–Crippen MR) is 73.7 cm³/mol. The molecule has 3 heterocycles. The van der Waals surface area contributed by atoms with E-state index in [9.17, 15) is 0 Å². The van der Waals surface area contributed by atoms with E-state index in [-0.39, 0.29) is 0 Å². The van der Waals surface area contributed by atoms with Crippen LogP contribution in [0, 0.1) is 0 Å². The molecule has 0 atom stereocenters. The SMILES string of the molecule is c1ccc(-c2cc3cccnc3n3cnnc23)cc1. The first-order chi connectivity index (χ1) is 9.43. The minimum absolute atomic E-state index is 0.831. The first-order valence-corrected chi connectivity index (χ1v) is 6.06. The van der Waals surface area contributed by atoms with E-state index in [1.165, 1.54) is 0 Å². The zero-order valence-corrected chi connectivity index (χ0v) is 10.1. The van der Waals surface area contributed by atoms with Crippen molar-refractivity contribution < 1.29 is 0 Å². The third kappa shape index (κ3) is 1.50. The molecule has 0 bridgehead atoms. The number of rotatable bonds is 1. The summed E-state index contributed by atoms with van der Waals surface area (Å²) in [6.45, 7) is 0. The van der Waals surface area contributed by atoms with Crippen molar-refractivity contribution >= 4 is 16.7 Å². The van der Waals surface area contributed by atoms with Crippen LogP contribution in [0.3, 0.4) is 0 Å². The Labute approximate surface area is 109 Å². The van der Waals surface area contributed by atoms with Crippen molar-refractivity contribution in [3.05, 3.63) is 61.1 Å². The number of benzene rings is 1. The van der Waals surface area contributed by atoms with Gasteiger partial charge in [0, 0.05) is 17.1 Å². The molecule has 1 aromatic carbocycles. The molecule has 4 aromatic rings. The standard InChI is InChI=1S/C15H10N4/c1-2-5-11(6-3-1)13-9-12-7-4-8-16-14(12)19-10-17-18-15(13)19/h1-10H. The molecule has 0 radical (unpaired) electrons. The number of hydrogen-bond donors (Lipinski definition) is 0. The molecule has 0 aliphatic rings. The molecule has 0 saturated heterocycles. The number of hydrogen-bond acceptors (Lipinski definition) is 3. The monoisotopic (exact) mass is 246 g/mol. The van der Waals surface area contributed by atoms with Crippen LogP contribution in [-0.4, -0.2) is 19.6 Å². The highest BCUT2D eigenvalue weighted by molar-refractivity contribution is 5.89. The normalized spacial score (nSPS) is 11.2. The van der Waals surface area contributed by atoms with Gasteiger partial charge in [-0.15, -0.1) is 10.2 Å². The second kappa shape index (κ2) is 3.88. The van der Waals surface area contributed by atoms with Gasteiger partial charge in [-0.25, -0.2) is 4.98 Å². The molecular formula is C15H10N4. The number of aromatic nitrogens is 4. The minimum atomic E-state index is 0.831. The lowest BCUT2D eigenvalue weighted by Gasteiger charge is -2.06. The van der Waals surface area contributed by atoms with Gasteiger partial charge in [-0.2, -0.15) is 0 Å². The Morgan fingerprint density at radius 1 is 0.895 bits per heavy atom. The van der Waals surface area contributed by atoms with Gasteiger partial charge in [-0.05, 0) is 23.8 Å². The van der Waals surface area contributed by atoms with Crippen molar-refractivity contribution in [1.29, 1.82) is 0 Å². The van der Waals surface area contributed by atoms with Gasteiger partial charge in [0.2, 0.25) is 0 Å². The molecule has 0 saturated carbocycles. The van der Waals surface area contributed by atoms with Crippen molar-refractivity contribution in [2.75, 3.05) is 0 Å². The van der Waals surface area contributed by atoms with Gasteiger partial charge in [0.15, 0.2) is 5.65 Å². The summed E-state index contributed by atoms with van der Waals surface area (Å²) >= 11 is 0. The van der Waals surface area contributed by atoms with E-state index in [0.717, 1.165) is 27.8 Å². The lowest BCUT2D eigenvalue weighted by Crippen LogP contribution is -1.93. The van der Waals surface area contributed by atoms with Gasteiger partial charge < -0.3 is 0 Å². The molecule has 0 unspecified atom stereocenters. The topological polar surface area (TPSA) is 43.1 Å². The minimum Gasteiger partial charge on any atom is -0.265 e. The largest absolute Gasteiger partial charge is 0.265 e. The summed E-state index contributed by atoms with van der Waals surface area (Å²) in [5, 5.41) is 9.31. The van der Waals surface area contributed by atoms with E-state index < -0.39 is 0 Å². The summed E-state index contributed by atoms with van der Waals surface area (Å²) in [5.74, 6) is 0. The molecule has 4 rings (SSSR count). The number of fused-ring (bicyclic) bond motifs is 3. The van der Waals surface area contributed by atoms with Crippen LogP contribution in [0.15, 0.2) is 61.1 Å². The lowest BCUT2D eigenvalue weighted by molar-refractivity contribution is 1.10. The Kier molecular flexibility index (Phi) is 2.08. The van der Waals surface area contributed by atoms with Crippen LogP contribution >= 0.6 is 0 Å². The third-order valence-corrected chi connectivity index (χ3v) is 3.22. The fourth-order valence-electron chi connectivity index (χ4n) is 2.35. The molecule has 0 aliphatic heterocycles. The first kappa shape index (κ1) is 10.2. The van der Waals surface area contributed by atoms with Gasteiger partial charge in [0.05, 0.1) is 0 Å². The van der Waals surface area contributed by atoms with Gasteiger partial charge in [-0.1, -0.05) is 30.3 Å². The van der Waals surface area contributed by atoms with Crippen LogP contribution in [-0.2, 0) is 0 Å². The van der Waals surface area contributed by atoms with Gasteiger partial charge in [-0.3, -0.25) is 4.40 Å². The average molecular weight is 246 g/mol. The Morgan fingerprint density at radius 3 is 2.68 bits per heavy atom. The summed E-state index contributed by atoms with van der Waals surface area (Å²) < 4.78 is 1.93. The van der Waals surface area contributed by atoms with E-state index in [2.05, 4.69) is 33.4 Å². The number of nitrogens with zero attached hydrogens (tertiary/aromatic N) is 4. The van der Waals surface area contributed by atoms with E-state index in [1.54, 1.807) is 12.5 Å². The van der Waals surface area contributed by atoms with Gasteiger partial charge in [0.25, 0.3) is 0 Å². The van der Waals surface area contributed by atoms with Crippen LogP contribution < -0.4 is 0 Å². The summed E-state index contributed by atoms with van der Waals surface area (Å²) in [7, 11) is 0. The van der Waals surface area contributed by atoms with Crippen molar-refractivity contribution in [3.63, 3.8) is 0 Å². The molecular weight excluding hydrogens is 236 g/mol. The Hall–Kier alpha value is -2.75. The fourth-order valence-corrected chi connectivity index (χ4v) is 2.35. The maximum Gasteiger partial charge on any atom is 0.170 e. The third-order valence-electron chi connectivity index (χ3n) is 3.22. The summed E-state index contributed by atoms with van der Waals surface area (Å²) in [5.41, 5.74) is 3.91. The van der Waals surface area contributed by atoms with Crippen LogP contribution in [0.5, 0.6) is 0 Å². The molecule has 0 spiro atoms. The van der Waals surface area contributed by atoms with Crippen LogP contribution in [0.25, 0.3) is 27.8 Å². The summed E-state index contributed by atoms with van der Waals surface area (Å²) in [6, 6.07) is 16.3. The van der Waals surface area contributed by atoms with Crippen LogP contribution in [0.2, 0.25) is 0 Å². The van der Waals surface area contributed by atoms with Gasteiger partial charge in [0.1, 0.15) is 12.0 Å². The Bertz CT molecular complexity index is 865. The highest BCUT2D eigenvalue weighted by atomic mass is 15.2. The van der Waals surface area contributed by atoms with E-state index >= 15 is 0 Å². The molecule has 0 aliphatic carbocycles.